The maximum absolute atomic E-state index is 4.40. The molecule has 2 heterocycles. The van der Waals surface area contributed by atoms with Crippen molar-refractivity contribution in [2.45, 2.75) is 39.8 Å². The number of hydrogen-bond acceptors (Lipinski definition) is 3. The standard InChI is InChI=1S/C15H22N4/c1-4-9-17-15(13-7-6-10-16-12(13)3)14-8-11-18-19(14)5-2/h6-8,10-11,15,17H,4-5,9H2,1-3H3. The zero-order valence-corrected chi connectivity index (χ0v) is 11.9. The Kier molecular flexibility index (Phi) is 4.68. The van der Waals surface area contributed by atoms with Crippen LogP contribution < -0.4 is 5.32 Å². The third kappa shape index (κ3) is 3.01. The minimum Gasteiger partial charge on any atom is -0.305 e. The van der Waals surface area contributed by atoms with Crippen LogP contribution in [0.15, 0.2) is 30.6 Å². The Bertz CT molecular complexity index is 518. The van der Waals surface area contributed by atoms with Gasteiger partial charge in [-0.2, -0.15) is 5.10 Å². The number of aryl methyl sites for hydroxylation is 2. The van der Waals surface area contributed by atoms with Gasteiger partial charge in [-0.05, 0) is 44.5 Å². The summed E-state index contributed by atoms with van der Waals surface area (Å²) in [5.74, 6) is 0. The summed E-state index contributed by atoms with van der Waals surface area (Å²) in [4.78, 5) is 4.40. The largest absolute Gasteiger partial charge is 0.305 e. The topological polar surface area (TPSA) is 42.7 Å². The molecule has 0 aliphatic carbocycles. The maximum Gasteiger partial charge on any atom is 0.0765 e. The summed E-state index contributed by atoms with van der Waals surface area (Å²) in [6.45, 7) is 8.21. The molecule has 0 fully saturated rings. The summed E-state index contributed by atoms with van der Waals surface area (Å²) in [7, 11) is 0. The lowest BCUT2D eigenvalue weighted by atomic mass is 10.0. The van der Waals surface area contributed by atoms with E-state index in [0.29, 0.717) is 0 Å². The van der Waals surface area contributed by atoms with E-state index in [1.54, 1.807) is 0 Å². The van der Waals surface area contributed by atoms with Crippen molar-refractivity contribution < 1.29 is 0 Å². The molecule has 4 heteroatoms. The third-order valence-electron chi connectivity index (χ3n) is 3.30. The van der Waals surface area contributed by atoms with Gasteiger partial charge in [0.15, 0.2) is 0 Å². The van der Waals surface area contributed by atoms with Crippen molar-refractivity contribution in [1.29, 1.82) is 0 Å². The fourth-order valence-corrected chi connectivity index (χ4v) is 2.32. The molecule has 1 unspecified atom stereocenters. The van der Waals surface area contributed by atoms with Crippen molar-refractivity contribution >= 4 is 0 Å². The van der Waals surface area contributed by atoms with Crippen LogP contribution in [0, 0.1) is 6.92 Å². The first-order chi connectivity index (χ1) is 9.27. The highest BCUT2D eigenvalue weighted by molar-refractivity contribution is 5.30. The van der Waals surface area contributed by atoms with Crippen molar-refractivity contribution in [2.24, 2.45) is 0 Å². The van der Waals surface area contributed by atoms with Gasteiger partial charge in [-0.25, -0.2) is 0 Å². The molecule has 2 aromatic rings. The van der Waals surface area contributed by atoms with Crippen molar-refractivity contribution in [3.63, 3.8) is 0 Å². The predicted octanol–water partition coefficient (Wildman–Crippen LogP) is 2.70. The van der Waals surface area contributed by atoms with Crippen LogP contribution in [0.25, 0.3) is 0 Å². The summed E-state index contributed by atoms with van der Waals surface area (Å²) in [5, 5.41) is 7.98. The van der Waals surface area contributed by atoms with Gasteiger partial charge in [-0.3, -0.25) is 9.67 Å². The van der Waals surface area contributed by atoms with Crippen LogP contribution in [-0.2, 0) is 6.54 Å². The molecule has 0 aliphatic rings. The van der Waals surface area contributed by atoms with E-state index < -0.39 is 0 Å². The summed E-state index contributed by atoms with van der Waals surface area (Å²) < 4.78 is 2.04. The third-order valence-corrected chi connectivity index (χ3v) is 3.30. The molecule has 0 radical (unpaired) electrons. The quantitative estimate of drug-likeness (QED) is 0.866. The molecule has 0 aliphatic heterocycles. The number of hydrogen-bond donors (Lipinski definition) is 1. The Morgan fingerprint density at radius 3 is 2.79 bits per heavy atom. The predicted molar refractivity (Wildman–Crippen MR) is 77.0 cm³/mol. The number of pyridine rings is 1. The molecule has 0 spiro atoms. The van der Waals surface area contributed by atoms with Gasteiger partial charge >= 0.3 is 0 Å². The monoisotopic (exact) mass is 258 g/mol. The van der Waals surface area contributed by atoms with Gasteiger partial charge in [-0.15, -0.1) is 0 Å². The normalized spacial score (nSPS) is 12.6. The summed E-state index contributed by atoms with van der Waals surface area (Å²) in [6.07, 6.45) is 4.81. The molecule has 0 bridgehead atoms. The van der Waals surface area contributed by atoms with Crippen molar-refractivity contribution in [1.82, 2.24) is 20.1 Å². The van der Waals surface area contributed by atoms with E-state index in [1.165, 1.54) is 11.3 Å². The molecule has 0 amide bonds. The maximum atomic E-state index is 4.40. The average molecular weight is 258 g/mol. The van der Waals surface area contributed by atoms with Gasteiger partial charge < -0.3 is 5.32 Å². The molecule has 2 rings (SSSR count). The molecule has 2 aromatic heterocycles. The van der Waals surface area contributed by atoms with Crippen LogP contribution in [0.3, 0.4) is 0 Å². The lowest BCUT2D eigenvalue weighted by Crippen LogP contribution is -2.26. The molecule has 1 N–H and O–H groups in total. The lowest BCUT2D eigenvalue weighted by Gasteiger charge is -2.21. The van der Waals surface area contributed by atoms with Crippen LogP contribution in [0.5, 0.6) is 0 Å². The zero-order chi connectivity index (χ0) is 13.7. The Morgan fingerprint density at radius 1 is 1.26 bits per heavy atom. The molecule has 0 saturated carbocycles. The number of aromatic nitrogens is 3. The van der Waals surface area contributed by atoms with E-state index in [-0.39, 0.29) is 6.04 Å². The van der Waals surface area contributed by atoms with Crippen LogP contribution in [-0.4, -0.2) is 21.3 Å². The van der Waals surface area contributed by atoms with E-state index in [2.05, 4.69) is 48.3 Å². The van der Waals surface area contributed by atoms with Gasteiger partial charge in [0.05, 0.1) is 11.7 Å². The minimum atomic E-state index is 0.163. The van der Waals surface area contributed by atoms with Gasteiger partial charge in [0.2, 0.25) is 0 Å². The average Bonchev–Trinajstić information content (AvgIpc) is 2.89. The first kappa shape index (κ1) is 13.7. The molecule has 1 atom stereocenters. The van der Waals surface area contributed by atoms with E-state index in [9.17, 15) is 0 Å². The molecular formula is C15H22N4. The molecule has 19 heavy (non-hydrogen) atoms. The van der Waals surface area contributed by atoms with E-state index in [4.69, 9.17) is 0 Å². The van der Waals surface area contributed by atoms with E-state index in [1.807, 2.05) is 23.1 Å². The lowest BCUT2D eigenvalue weighted by molar-refractivity contribution is 0.527. The second-order valence-electron chi connectivity index (χ2n) is 4.64. The van der Waals surface area contributed by atoms with Gasteiger partial charge in [0, 0.05) is 24.6 Å². The van der Waals surface area contributed by atoms with Crippen molar-refractivity contribution in [2.75, 3.05) is 6.54 Å². The van der Waals surface area contributed by atoms with Crippen molar-refractivity contribution in [3.05, 3.63) is 47.5 Å². The highest BCUT2D eigenvalue weighted by Gasteiger charge is 2.19. The highest BCUT2D eigenvalue weighted by atomic mass is 15.3. The summed E-state index contributed by atoms with van der Waals surface area (Å²) >= 11 is 0. The second-order valence-corrected chi connectivity index (χ2v) is 4.64. The fourth-order valence-electron chi connectivity index (χ4n) is 2.32. The van der Waals surface area contributed by atoms with Crippen molar-refractivity contribution in [3.8, 4) is 0 Å². The highest BCUT2D eigenvalue weighted by Crippen LogP contribution is 2.23. The molecule has 0 aromatic carbocycles. The minimum absolute atomic E-state index is 0.163. The van der Waals surface area contributed by atoms with Gasteiger partial charge in [0.25, 0.3) is 0 Å². The molecule has 0 saturated heterocycles. The van der Waals surface area contributed by atoms with Crippen LogP contribution >= 0.6 is 0 Å². The first-order valence-corrected chi connectivity index (χ1v) is 6.94. The Labute approximate surface area is 114 Å². The number of nitrogens with one attached hydrogen (secondary N) is 1. The Hall–Kier alpha value is -1.68. The zero-order valence-electron chi connectivity index (χ0n) is 11.9. The first-order valence-electron chi connectivity index (χ1n) is 6.94. The smallest absolute Gasteiger partial charge is 0.0765 e. The molecule has 4 nitrogen and oxygen atoms in total. The van der Waals surface area contributed by atoms with E-state index in [0.717, 1.165) is 25.2 Å². The number of nitrogens with zero attached hydrogens (tertiary/aromatic N) is 3. The fraction of sp³-hybridized carbons (Fsp3) is 0.467. The Balaban J connectivity index is 2.39. The van der Waals surface area contributed by atoms with Crippen LogP contribution in [0.1, 0.15) is 43.3 Å². The van der Waals surface area contributed by atoms with Gasteiger partial charge in [0.1, 0.15) is 0 Å². The SMILES string of the molecule is CCCNC(c1cccnc1C)c1ccnn1CC. The Morgan fingerprint density at radius 2 is 2.11 bits per heavy atom. The molecule has 102 valence electrons. The van der Waals surface area contributed by atoms with Crippen LogP contribution in [0.4, 0.5) is 0 Å². The summed E-state index contributed by atoms with van der Waals surface area (Å²) in [6, 6.07) is 6.39. The number of rotatable bonds is 6. The van der Waals surface area contributed by atoms with E-state index >= 15 is 0 Å². The van der Waals surface area contributed by atoms with Crippen LogP contribution in [0.2, 0.25) is 0 Å². The second kappa shape index (κ2) is 6.48. The summed E-state index contributed by atoms with van der Waals surface area (Å²) in [5.41, 5.74) is 3.50. The molecular weight excluding hydrogens is 236 g/mol. The van der Waals surface area contributed by atoms with Gasteiger partial charge in [-0.1, -0.05) is 13.0 Å².